The Morgan fingerprint density at radius 3 is 2.57 bits per heavy atom. The van der Waals surface area contributed by atoms with Crippen molar-refractivity contribution < 1.29 is 0 Å². The highest BCUT2D eigenvalue weighted by Gasteiger charge is 2.16. The molecule has 0 radical (unpaired) electrons. The number of aryl methyl sites for hydroxylation is 1. The topological polar surface area (TPSA) is 54.7 Å². The number of rotatable bonds is 2. The Hall–Kier alpha value is -1.78. The molecule has 3 aromatic rings. The summed E-state index contributed by atoms with van der Waals surface area (Å²) in [5.74, 6) is 0.473. The third kappa shape index (κ3) is 2.69. The summed E-state index contributed by atoms with van der Waals surface area (Å²) in [6.07, 6.45) is 0. The van der Waals surface area contributed by atoms with E-state index in [0.29, 0.717) is 10.8 Å². The largest absolute Gasteiger partial charge is 0.382 e. The monoisotopic (exact) mass is 361 g/mol. The molecule has 0 saturated heterocycles. The molecule has 0 saturated carbocycles. The smallest absolute Gasteiger partial charge is 0.153 e. The van der Waals surface area contributed by atoms with Crippen LogP contribution in [0.2, 0.25) is 5.02 Å². The van der Waals surface area contributed by atoms with Gasteiger partial charge in [0, 0.05) is 15.1 Å². The van der Waals surface area contributed by atoms with Crippen molar-refractivity contribution in [2.45, 2.75) is 6.92 Å². The molecule has 0 atom stereocenters. The molecule has 1 heterocycles. The number of nitrogens with two attached hydrogens (primary N) is 1. The number of hydrogen-bond acceptors (Lipinski definition) is 2. The summed E-state index contributed by atoms with van der Waals surface area (Å²) in [5.41, 5.74) is 10.9. The third-order valence-electron chi connectivity index (χ3n) is 3.33. The minimum Gasteiger partial charge on any atom is -0.382 e. The second-order valence-corrected chi connectivity index (χ2v) is 6.14. The van der Waals surface area contributed by atoms with Gasteiger partial charge in [-0.05, 0) is 30.7 Å². The summed E-state index contributed by atoms with van der Waals surface area (Å²) in [4.78, 5) is 0. The molecule has 106 valence electrons. The first-order valence-electron chi connectivity index (χ1n) is 6.42. The van der Waals surface area contributed by atoms with E-state index in [4.69, 9.17) is 17.3 Å². The van der Waals surface area contributed by atoms with Crippen molar-refractivity contribution in [1.29, 1.82) is 0 Å². The van der Waals surface area contributed by atoms with Crippen LogP contribution in [0.1, 0.15) is 5.56 Å². The van der Waals surface area contributed by atoms with Crippen molar-refractivity contribution in [3.8, 4) is 22.4 Å². The maximum absolute atomic E-state index is 6.11. The predicted molar refractivity (Wildman–Crippen MR) is 91.3 cm³/mol. The number of aromatic nitrogens is 2. The second-order valence-electron chi connectivity index (χ2n) is 4.85. The van der Waals surface area contributed by atoms with Crippen LogP contribution in [-0.4, -0.2) is 10.2 Å². The lowest BCUT2D eigenvalue weighted by Crippen LogP contribution is -1.89. The molecule has 0 aliphatic carbocycles. The van der Waals surface area contributed by atoms with Crippen LogP contribution in [0.3, 0.4) is 0 Å². The molecule has 3 rings (SSSR count). The van der Waals surface area contributed by atoms with E-state index >= 15 is 0 Å². The lowest BCUT2D eigenvalue weighted by Gasteiger charge is -2.08. The number of nitrogens with one attached hydrogen (secondary N) is 1. The van der Waals surface area contributed by atoms with Gasteiger partial charge in [0.05, 0.1) is 11.3 Å². The van der Waals surface area contributed by atoms with Gasteiger partial charge in [-0.25, -0.2) is 0 Å². The van der Waals surface area contributed by atoms with Gasteiger partial charge in [0.1, 0.15) is 0 Å². The normalized spacial score (nSPS) is 10.8. The van der Waals surface area contributed by atoms with Gasteiger partial charge in [0.2, 0.25) is 0 Å². The Kier molecular flexibility index (Phi) is 3.74. The first-order valence-corrected chi connectivity index (χ1v) is 7.59. The SMILES string of the molecule is Cc1ccc(-c2c(N)n[nH]c2-c2cc(Cl)ccc2Br)cc1. The molecular formula is C16H13BrClN3. The molecule has 0 aliphatic rings. The van der Waals surface area contributed by atoms with E-state index < -0.39 is 0 Å². The van der Waals surface area contributed by atoms with E-state index in [0.717, 1.165) is 26.9 Å². The number of hydrogen-bond donors (Lipinski definition) is 2. The Morgan fingerprint density at radius 1 is 1.14 bits per heavy atom. The van der Waals surface area contributed by atoms with Crippen LogP contribution in [0.15, 0.2) is 46.9 Å². The summed E-state index contributed by atoms with van der Waals surface area (Å²) in [7, 11) is 0. The highest BCUT2D eigenvalue weighted by molar-refractivity contribution is 9.10. The minimum atomic E-state index is 0.473. The highest BCUT2D eigenvalue weighted by atomic mass is 79.9. The first kappa shape index (κ1) is 14.2. The Bertz CT molecular complexity index is 794. The molecule has 0 aliphatic heterocycles. The molecule has 2 aromatic carbocycles. The van der Waals surface area contributed by atoms with Gasteiger partial charge >= 0.3 is 0 Å². The number of H-pyrrole nitrogens is 1. The van der Waals surface area contributed by atoms with Crippen LogP contribution in [0.25, 0.3) is 22.4 Å². The van der Waals surface area contributed by atoms with Gasteiger partial charge in [-0.2, -0.15) is 5.10 Å². The van der Waals surface area contributed by atoms with E-state index in [2.05, 4.69) is 45.2 Å². The van der Waals surface area contributed by atoms with Gasteiger partial charge in [0.15, 0.2) is 5.82 Å². The summed E-state index contributed by atoms with van der Waals surface area (Å²) >= 11 is 9.65. The summed E-state index contributed by atoms with van der Waals surface area (Å²) in [6, 6.07) is 13.8. The quantitative estimate of drug-likeness (QED) is 0.670. The number of benzene rings is 2. The van der Waals surface area contributed by atoms with Gasteiger partial charge in [0.25, 0.3) is 0 Å². The van der Waals surface area contributed by atoms with Gasteiger partial charge in [-0.3, -0.25) is 5.10 Å². The summed E-state index contributed by atoms with van der Waals surface area (Å²) < 4.78 is 0.934. The Labute approximate surface area is 136 Å². The fourth-order valence-corrected chi connectivity index (χ4v) is 2.87. The van der Waals surface area contributed by atoms with Crippen molar-refractivity contribution in [2.75, 3.05) is 5.73 Å². The molecule has 21 heavy (non-hydrogen) atoms. The van der Waals surface area contributed by atoms with Crippen LogP contribution in [0.4, 0.5) is 5.82 Å². The average Bonchev–Trinajstić information content (AvgIpc) is 2.84. The summed E-state index contributed by atoms with van der Waals surface area (Å²) in [6.45, 7) is 2.05. The van der Waals surface area contributed by atoms with Crippen molar-refractivity contribution in [3.63, 3.8) is 0 Å². The van der Waals surface area contributed by atoms with Crippen LogP contribution >= 0.6 is 27.5 Å². The lowest BCUT2D eigenvalue weighted by atomic mass is 10.00. The zero-order valence-corrected chi connectivity index (χ0v) is 13.7. The molecule has 5 heteroatoms. The number of halogens is 2. The highest BCUT2D eigenvalue weighted by Crippen LogP contribution is 2.38. The molecule has 3 N–H and O–H groups in total. The molecule has 0 spiro atoms. The molecule has 3 nitrogen and oxygen atoms in total. The fourth-order valence-electron chi connectivity index (χ4n) is 2.25. The van der Waals surface area contributed by atoms with Crippen molar-refractivity contribution >= 4 is 33.3 Å². The third-order valence-corrected chi connectivity index (χ3v) is 4.26. The standard InChI is InChI=1S/C16H13BrClN3/c1-9-2-4-10(5-3-9)14-15(20-21-16(14)19)12-8-11(18)6-7-13(12)17/h2-8H,1H3,(H3,19,20,21). The number of anilines is 1. The van der Waals surface area contributed by atoms with Crippen LogP contribution in [0, 0.1) is 6.92 Å². The number of aromatic amines is 1. The molecule has 0 bridgehead atoms. The molecule has 0 amide bonds. The number of nitrogen functional groups attached to an aromatic ring is 1. The number of nitrogens with zero attached hydrogens (tertiary/aromatic N) is 1. The fraction of sp³-hybridized carbons (Fsp3) is 0.0625. The second kappa shape index (κ2) is 5.54. The van der Waals surface area contributed by atoms with E-state index in [1.165, 1.54) is 5.56 Å². The van der Waals surface area contributed by atoms with Crippen molar-refractivity contribution in [3.05, 3.63) is 57.5 Å². The molecule has 0 unspecified atom stereocenters. The molecule has 0 fully saturated rings. The van der Waals surface area contributed by atoms with Gasteiger partial charge < -0.3 is 5.73 Å². The maximum atomic E-state index is 6.11. The van der Waals surface area contributed by atoms with Crippen LogP contribution in [0.5, 0.6) is 0 Å². The van der Waals surface area contributed by atoms with E-state index in [9.17, 15) is 0 Å². The lowest BCUT2D eigenvalue weighted by molar-refractivity contribution is 1.10. The van der Waals surface area contributed by atoms with Crippen LogP contribution < -0.4 is 5.73 Å². The zero-order chi connectivity index (χ0) is 15.0. The summed E-state index contributed by atoms with van der Waals surface area (Å²) in [5, 5.41) is 7.82. The van der Waals surface area contributed by atoms with E-state index in [-0.39, 0.29) is 0 Å². The molecular weight excluding hydrogens is 350 g/mol. The first-order chi connectivity index (χ1) is 10.1. The van der Waals surface area contributed by atoms with Crippen molar-refractivity contribution in [2.24, 2.45) is 0 Å². The maximum Gasteiger partial charge on any atom is 0.153 e. The predicted octanol–water partition coefficient (Wildman–Crippen LogP) is 5.05. The van der Waals surface area contributed by atoms with Gasteiger partial charge in [-0.1, -0.05) is 57.4 Å². The van der Waals surface area contributed by atoms with Crippen molar-refractivity contribution in [1.82, 2.24) is 10.2 Å². The van der Waals surface area contributed by atoms with E-state index in [1.807, 2.05) is 30.3 Å². The average molecular weight is 363 g/mol. The minimum absolute atomic E-state index is 0.473. The Balaban J connectivity index is 2.21. The van der Waals surface area contributed by atoms with Crippen LogP contribution in [-0.2, 0) is 0 Å². The van der Waals surface area contributed by atoms with Gasteiger partial charge in [-0.15, -0.1) is 0 Å². The molecule has 1 aromatic heterocycles. The van der Waals surface area contributed by atoms with E-state index in [1.54, 1.807) is 0 Å². The zero-order valence-electron chi connectivity index (χ0n) is 11.3. The Morgan fingerprint density at radius 2 is 1.86 bits per heavy atom.